The Labute approximate surface area is 168 Å². The smallest absolute Gasteiger partial charge is 0.226 e. The molecule has 1 atom stereocenters. The van der Waals surface area contributed by atoms with E-state index in [-0.39, 0.29) is 18.4 Å². The monoisotopic (exact) mass is 394 g/mol. The third-order valence-electron chi connectivity index (χ3n) is 4.60. The van der Waals surface area contributed by atoms with E-state index in [2.05, 4.69) is 29.4 Å². The van der Waals surface area contributed by atoms with Crippen LogP contribution in [0.2, 0.25) is 0 Å². The van der Waals surface area contributed by atoms with Crippen molar-refractivity contribution in [3.63, 3.8) is 0 Å². The van der Waals surface area contributed by atoms with Crippen molar-refractivity contribution in [3.8, 4) is 22.1 Å². The molecular weight excluding hydrogens is 372 g/mol. The zero-order valence-corrected chi connectivity index (χ0v) is 16.7. The van der Waals surface area contributed by atoms with Crippen molar-refractivity contribution in [2.75, 3.05) is 13.2 Å². The molecule has 2 heterocycles. The van der Waals surface area contributed by atoms with Gasteiger partial charge in [-0.2, -0.15) is 0 Å². The van der Waals surface area contributed by atoms with Crippen molar-refractivity contribution in [3.05, 3.63) is 64.7 Å². The van der Waals surface area contributed by atoms with Gasteiger partial charge in [0.05, 0.1) is 18.2 Å². The van der Waals surface area contributed by atoms with Crippen molar-refractivity contribution in [1.29, 1.82) is 0 Å². The summed E-state index contributed by atoms with van der Waals surface area (Å²) in [6.45, 7) is 5.13. The second-order valence-electron chi connectivity index (χ2n) is 6.88. The minimum atomic E-state index is -0.127. The number of ether oxygens (including phenoxy) is 2. The zero-order valence-electron chi connectivity index (χ0n) is 15.9. The van der Waals surface area contributed by atoms with E-state index < -0.39 is 0 Å². The number of aromatic nitrogens is 1. The van der Waals surface area contributed by atoms with Crippen LogP contribution in [0.5, 0.6) is 11.5 Å². The van der Waals surface area contributed by atoms with Crippen LogP contribution in [-0.2, 0) is 11.2 Å². The third kappa shape index (κ3) is 4.17. The summed E-state index contributed by atoms with van der Waals surface area (Å²) in [5, 5.41) is 5.93. The van der Waals surface area contributed by atoms with Crippen LogP contribution in [0.4, 0.5) is 0 Å². The lowest BCUT2D eigenvalue weighted by Gasteiger charge is -2.21. The summed E-state index contributed by atoms with van der Waals surface area (Å²) in [4.78, 5) is 17.1. The minimum absolute atomic E-state index is 0.0523. The topological polar surface area (TPSA) is 60.5 Å². The number of rotatable bonds is 5. The molecule has 5 nitrogen and oxygen atoms in total. The van der Waals surface area contributed by atoms with Crippen LogP contribution in [0.15, 0.2) is 47.8 Å². The van der Waals surface area contributed by atoms with Gasteiger partial charge in [-0.25, -0.2) is 4.98 Å². The summed E-state index contributed by atoms with van der Waals surface area (Å²) in [5.41, 5.74) is 4.05. The number of aryl methyl sites for hydroxylation is 1. The molecule has 2 aromatic carbocycles. The first-order valence-electron chi connectivity index (χ1n) is 9.29. The van der Waals surface area contributed by atoms with Gasteiger partial charge in [-0.3, -0.25) is 4.79 Å². The first-order chi connectivity index (χ1) is 13.6. The highest BCUT2D eigenvalue weighted by molar-refractivity contribution is 7.13. The number of thiazole rings is 1. The summed E-state index contributed by atoms with van der Waals surface area (Å²) in [7, 11) is 0. The second kappa shape index (κ2) is 8.02. The molecule has 1 unspecified atom stereocenters. The minimum Gasteiger partial charge on any atom is -0.486 e. The maximum absolute atomic E-state index is 12.5. The Morgan fingerprint density at radius 2 is 2.00 bits per heavy atom. The van der Waals surface area contributed by atoms with E-state index in [1.165, 1.54) is 5.56 Å². The SMILES string of the molecule is Cc1cccc(-c2nc(CC(=O)NC(C)c3ccc4c(c3)OCCO4)cs2)c1. The molecule has 0 aliphatic carbocycles. The summed E-state index contributed by atoms with van der Waals surface area (Å²) in [6, 6.07) is 13.9. The van der Waals surface area contributed by atoms with Crippen LogP contribution in [0.1, 0.15) is 29.8 Å². The van der Waals surface area contributed by atoms with Gasteiger partial charge in [0.2, 0.25) is 5.91 Å². The Balaban J connectivity index is 1.39. The molecule has 0 saturated heterocycles. The van der Waals surface area contributed by atoms with Crippen LogP contribution in [-0.4, -0.2) is 24.1 Å². The molecule has 144 valence electrons. The summed E-state index contributed by atoms with van der Waals surface area (Å²) in [5.74, 6) is 1.43. The van der Waals surface area contributed by atoms with E-state index in [9.17, 15) is 4.79 Å². The summed E-state index contributed by atoms with van der Waals surface area (Å²) >= 11 is 1.56. The lowest BCUT2D eigenvalue weighted by atomic mass is 10.1. The van der Waals surface area contributed by atoms with Crippen molar-refractivity contribution >= 4 is 17.2 Å². The van der Waals surface area contributed by atoms with Crippen molar-refractivity contribution in [1.82, 2.24) is 10.3 Å². The van der Waals surface area contributed by atoms with Crippen LogP contribution in [0.3, 0.4) is 0 Å². The predicted octanol–water partition coefficient (Wildman–Crippen LogP) is 4.31. The molecule has 1 aromatic heterocycles. The van der Waals surface area contributed by atoms with Gasteiger partial charge in [0.25, 0.3) is 0 Å². The number of nitrogens with one attached hydrogen (secondary N) is 1. The first kappa shape index (κ1) is 18.5. The number of hydrogen-bond donors (Lipinski definition) is 1. The summed E-state index contributed by atoms with van der Waals surface area (Å²) in [6.07, 6.45) is 0.261. The second-order valence-corrected chi connectivity index (χ2v) is 7.74. The van der Waals surface area contributed by atoms with Gasteiger partial charge >= 0.3 is 0 Å². The third-order valence-corrected chi connectivity index (χ3v) is 5.54. The molecule has 1 aliphatic heterocycles. The molecule has 4 rings (SSSR count). The number of hydrogen-bond acceptors (Lipinski definition) is 5. The Bertz CT molecular complexity index is 999. The Kier molecular flexibility index (Phi) is 5.30. The van der Waals surface area contributed by atoms with Gasteiger partial charge in [0, 0.05) is 10.9 Å². The van der Waals surface area contributed by atoms with Crippen molar-refractivity contribution < 1.29 is 14.3 Å². The molecule has 1 amide bonds. The van der Waals surface area contributed by atoms with E-state index in [0.717, 1.165) is 33.3 Å². The highest BCUT2D eigenvalue weighted by atomic mass is 32.1. The summed E-state index contributed by atoms with van der Waals surface area (Å²) < 4.78 is 11.2. The van der Waals surface area contributed by atoms with Gasteiger partial charge in [-0.15, -0.1) is 11.3 Å². The molecule has 28 heavy (non-hydrogen) atoms. The molecular formula is C22H22N2O3S. The predicted molar refractivity (Wildman–Crippen MR) is 110 cm³/mol. The van der Waals surface area contributed by atoms with E-state index in [0.29, 0.717) is 13.2 Å². The lowest BCUT2D eigenvalue weighted by molar-refractivity contribution is -0.121. The maximum atomic E-state index is 12.5. The van der Waals surface area contributed by atoms with Gasteiger partial charge in [-0.05, 0) is 37.6 Å². The quantitative estimate of drug-likeness (QED) is 0.701. The van der Waals surface area contributed by atoms with Crippen LogP contribution >= 0.6 is 11.3 Å². The average Bonchev–Trinajstić information content (AvgIpc) is 3.16. The van der Waals surface area contributed by atoms with Crippen LogP contribution in [0.25, 0.3) is 10.6 Å². The number of amides is 1. The fourth-order valence-electron chi connectivity index (χ4n) is 3.17. The van der Waals surface area contributed by atoms with Gasteiger partial charge in [0.1, 0.15) is 18.2 Å². The average molecular weight is 394 g/mol. The Hall–Kier alpha value is -2.86. The van der Waals surface area contributed by atoms with Gasteiger partial charge in [0.15, 0.2) is 11.5 Å². The number of carbonyl (C=O) groups is 1. The highest BCUT2D eigenvalue weighted by Gasteiger charge is 2.16. The van der Waals surface area contributed by atoms with Crippen molar-refractivity contribution in [2.24, 2.45) is 0 Å². The molecule has 1 aliphatic rings. The Morgan fingerprint density at radius 3 is 2.82 bits per heavy atom. The van der Waals surface area contributed by atoms with Crippen LogP contribution < -0.4 is 14.8 Å². The number of fused-ring (bicyclic) bond motifs is 1. The molecule has 1 N–H and O–H groups in total. The molecule has 6 heteroatoms. The molecule has 0 radical (unpaired) electrons. The standard InChI is InChI=1S/C22H22N2O3S/c1-14-4-3-5-17(10-14)22-24-18(13-28-22)12-21(25)23-15(2)16-6-7-19-20(11-16)27-9-8-26-19/h3-7,10-11,13,15H,8-9,12H2,1-2H3,(H,23,25). The molecule has 0 saturated carbocycles. The van der Waals surface area contributed by atoms with E-state index in [1.807, 2.05) is 42.6 Å². The van der Waals surface area contributed by atoms with E-state index in [4.69, 9.17) is 9.47 Å². The van der Waals surface area contributed by atoms with E-state index >= 15 is 0 Å². The molecule has 0 fully saturated rings. The lowest BCUT2D eigenvalue weighted by Crippen LogP contribution is -2.28. The number of benzene rings is 2. The van der Waals surface area contributed by atoms with Crippen molar-refractivity contribution in [2.45, 2.75) is 26.3 Å². The fraction of sp³-hybridized carbons (Fsp3) is 0.273. The van der Waals surface area contributed by atoms with Gasteiger partial charge < -0.3 is 14.8 Å². The van der Waals surface area contributed by atoms with Gasteiger partial charge in [-0.1, -0.05) is 29.8 Å². The van der Waals surface area contributed by atoms with Crippen LogP contribution in [0, 0.1) is 6.92 Å². The highest BCUT2D eigenvalue weighted by Crippen LogP contribution is 2.32. The zero-order chi connectivity index (χ0) is 19.5. The molecule has 0 spiro atoms. The molecule has 3 aromatic rings. The fourth-order valence-corrected chi connectivity index (χ4v) is 3.99. The Morgan fingerprint density at radius 1 is 1.18 bits per heavy atom. The first-order valence-corrected chi connectivity index (χ1v) is 10.2. The number of carbonyl (C=O) groups excluding carboxylic acids is 1. The normalized spacial score (nSPS) is 13.8. The number of nitrogens with zero attached hydrogens (tertiary/aromatic N) is 1. The maximum Gasteiger partial charge on any atom is 0.226 e. The van der Waals surface area contributed by atoms with E-state index in [1.54, 1.807) is 11.3 Å². The largest absolute Gasteiger partial charge is 0.486 e. The molecule has 0 bridgehead atoms.